The number of thioether (sulfide) groups is 1. The quantitative estimate of drug-likeness (QED) is 0.432. The van der Waals surface area contributed by atoms with E-state index in [4.69, 9.17) is 0 Å². The third kappa shape index (κ3) is 5.21. The lowest BCUT2D eigenvalue weighted by molar-refractivity contribution is 0.299. The van der Waals surface area contributed by atoms with Crippen LogP contribution in [0.4, 0.5) is 4.39 Å². The smallest absolute Gasteiger partial charge is 0.191 e. The van der Waals surface area contributed by atoms with Crippen molar-refractivity contribution in [2.45, 2.75) is 30.5 Å². The van der Waals surface area contributed by atoms with Crippen molar-refractivity contribution in [3.05, 3.63) is 84.0 Å². The number of hydrogen-bond acceptors (Lipinski definition) is 5. The number of benzene rings is 2. The number of rotatable bonds is 9. The van der Waals surface area contributed by atoms with E-state index in [1.165, 1.54) is 23.9 Å². The number of halogens is 1. The second-order valence-corrected chi connectivity index (χ2v) is 7.46. The molecule has 0 radical (unpaired) electrons. The summed E-state index contributed by atoms with van der Waals surface area (Å²) >= 11 is 1.52. The average Bonchev–Trinajstić information content (AvgIpc) is 3.04. The van der Waals surface area contributed by atoms with E-state index in [0.717, 1.165) is 22.1 Å². The van der Waals surface area contributed by atoms with Crippen LogP contribution >= 0.6 is 11.8 Å². The zero-order valence-corrected chi connectivity index (χ0v) is 16.6. The summed E-state index contributed by atoms with van der Waals surface area (Å²) in [6.07, 6.45) is 1.81. The highest BCUT2D eigenvalue weighted by Gasteiger charge is 2.14. The Hall–Kier alpha value is -2.64. The van der Waals surface area contributed by atoms with Gasteiger partial charge in [0.15, 0.2) is 5.16 Å². The molecule has 0 atom stereocenters. The average molecular weight is 399 g/mol. The molecule has 0 amide bonds. The van der Waals surface area contributed by atoms with Crippen molar-refractivity contribution in [3.8, 4) is 5.75 Å². The molecule has 3 rings (SSSR count). The Balaban J connectivity index is 1.69. The predicted molar refractivity (Wildman–Crippen MR) is 109 cm³/mol. The molecule has 0 fully saturated rings. The summed E-state index contributed by atoms with van der Waals surface area (Å²) in [6.45, 7) is 5.60. The van der Waals surface area contributed by atoms with Gasteiger partial charge in [-0.3, -0.25) is 4.90 Å². The SMILES string of the molecule is C=CCn1c(CN(C)Cc2ccccc2O)nnc1SCc1cccc(F)c1. The summed E-state index contributed by atoms with van der Waals surface area (Å²) in [5, 5.41) is 19.4. The molecule has 5 nitrogen and oxygen atoms in total. The Bertz CT molecular complexity index is 944. The van der Waals surface area contributed by atoms with Crippen molar-refractivity contribution in [1.82, 2.24) is 19.7 Å². The second kappa shape index (κ2) is 9.52. The van der Waals surface area contributed by atoms with Gasteiger partial charge in [0, 0.05) is 24.4 Å². The molecule has 0 spiro atoms. The minimum absolute atomic E-state index is 0.239. The Kier molecular flexibility index (Phi) is 6.84. The topological polar surface area (TPSA) is 54.2 Å². The number of para-hydroxylation sites is 1. The van der Waals surface area contributed by atoms with Gasteiger partial charge in [-0.2, -0.15) is 0 Å². The normalized spacial score (nSPS) is 11.1. The molecule has 0 saturated heterocycles. The lowest BCUT2D eigenvalue weighted by Crippen LogP contribution is -2.20. The highest BCUT2D eigenvalue weighted by Crippen LogP contribution is 2.23. The van der Waals surface area contributed by atoms with E-state index in [9.17, 15) is 9.50 Å². The number of hydrogen-bond donors (Lipinski definition) is 1. The van der Waals surface area contributed by atoms with E-state index in [1.807, 2.05) is 42.0 Å². The molecule has 0 saturated carbocycles. The summed E-state index contributed by atoms with van der Waals surface area (Å²) in [4.78, 5) is 2.07. The van der Waals surface area contributed by atoms with Crippen molar-refractivity contribution < 1.29 is 9.50 Å². The zero-order valence-electron chi connectivity index (χ0n) is 15.8. The predicted octanol–water partition coefficient (Wildman–Crippen LogP) is 4.23. The molecule has 0 unspecified atom stereocenters. The maximum absolute atomic E-state index is 13.4. The third-order valence-corrected chi connectivity index (χ3v) is 5.24. The molecule has 2 aromatic carbocycles. The fraction of sp³-hybridized carbons (Fsp3) is 0.238. The van der Waals surface area contributed by atoms with Crippen LogP contribution in [0, 0.1) is 5.82 Å². The summed E-state index contributed by atoms with van der Waals surface area (Å²) in [7, 11) is 1.97. The van der Waals surface area contributed by atoms with Gasteiger partial charge in [0.25, 0.3) is 0 Å². The Morgan fingerprint density at radius 1 is 1.18 bits per heavy atom. The van der Waals surface area contributed by atoms with Gasteiger partial charge >= 0.3 is 0 Å². The third-order valence-electron chi connectivity index (χ3n) is 4.21. The van der Waals surface area contributed by atoms with E-state index < -0.39 is 0 Å². The number of aromatic hydroxyl groups is 1. The number of phenolic OH excluding ortho intramolecular Hbond substituents is 1. The van der Waals surface area contributed by atoms with Gasteiger partial charge in [0.2, 0.25) is 0 Å². The molecule has 1 aromatic heterocycles. The van der Waals surface area contributed by atoms with Crippen molar-refractivity contribution in [2.75, 3.05) is 7.05 Å². The van der Waals surface area contributed by atoms with Gasteiger partial charge in [-0.25, -0.2) is 4.39 Å². The molecular formula is C21H23FN4OS. The summed E-state index contributed by atoms with van der Waals surface area (Å²) in [5.41, 5.74) is 1.76. The summed E-state index contributed by atoms with van der Waals surface area (Å²) in [5.74, 6) is 1.48. The van der Waals surface area contributed by atoms with Crippen LogP contribution < -0.4 is 0 Å². The van der Waals surface area contributed by atoms with Gasteiger partial charge in [-0.1, -0.05) is 48.2 Å². The second-order valence-electron chi connectivity index (χ2n) is 6.52. The van der Waals surface area contributed by atoms with Gasteiger partial charge < -0.3 is 9.67 Å². The molecule has 28 heavy (non-hydrogen) atoms. The minimum atomic E-state index is -0.239. The van der Waals surface area contributed by atoms with Crippen molar-refractivity contribution in [3.63, 3.8) is 0 Å². The minimum Gasteiger partial charge on any atom is -0.508 e. The lowest BCUT2D eigenvalue weighted by Gasteiger charge is -2.17. The highest BCUT2D eigenvalue weighted by molar-refractivity contribution is 7.98. The van der Waals surface area contributed by atoms with E-state index >= 15 is 0 Å². The zero-order chi connectivity index (χ0) is 19.9. The van der Waals surface area contributed by atoms with Crippen LogP contribution in [0.25, 0.3) is 0 Å². The van der Waals surface area contributed by atoms with Crippen LogP contribution in [0.15, 0.2) is 66.3 Å². The van der Waals surface area contributed by atoms with E-state index in [0.29, 0.717) is 25.4 Å². The van der Waals surface area contributed by atoms with Crippen LogP contribution in [0.3, 0.4) is 0 Å². The molecule has 146 valence electrons. The van der Waals surface area contributed by atoms with Crippen LogP contribution in [-0.2, 0) is 25.4 Å². The fourth-order valence-corrected chi connectivity index (χ4v) is 3.77. The number of nitrogens with zero attached hydrogens (tertiary/aromatic N) is 4. The lowest BCUT2D eigenvalue weighted by atomic mass is 10.2. The molecule has 0 bridgehead atoms. The van der Waals surface area contributed by atoms with Crippen molar-refractivity contribution >= 4 is 11.8 Å². The molecule has 7 heteroatoms. The number of aromatic nitrogens is 3. The van der Waals surface area contributed by atoms with Gasteiger partial charge in [0.05, 0.1) is 6.54 Å². The van der Waals surface area contributed by atoms with E-state index in [2.05, 4.69) is 21.7 Å². The Labute approximate surface area is 168 Å². The maximum Gasteiger partial charge on any atom is 0.191 e. The first-order chi connectivity index (χ1) is 13.6. The first-order valence-electron chi connectivity index (χ1n) is 8.92. The molecule has 0 aliphatic rings. The van der Waals surface area contributed by atoms with Gasteiger partial charge in [0.1, 0.15) is 17.4 Å². The first kappa shape index (κ1) is 20.1. The van der Waals surface area contributed by atoms with Crippen LogP contribution in [-0.4, -0.2) is 31.8 Å². The standard InChI is InChI=1S/C21H23FN4OS/c1-3-11-26-20(14-25(2)13-17-8-4-5-10-19(17)27)23-24-21(26)28-15-16-7-6-9-18(22)12-16/h3-10,12,27H,1,11,13-15H2,2H3. The number of phenols is 1. The summed E-state index contributed by atoms with van der Waals surface area (Å²) < 4.78 is 15.4. The van der Waals surface area contributed by atoms with Crippen LogP contribution in [0.1, 0.15) is 17.0 Å². The van der Waals surface area contributed by atoms with Crippen molar-refractivity contribution in [1.29, 1.82) is 0 Å². The van der Waals surface area contributed by atoms with Gasteiger partial charge in [-0.15, -0.1) is 16.8 Å². The molecule has 1 heterocycles. The maximum atomic E-state index is 13.4. The monoisotopic (exact) mass is 398 g/mol. The number of allylic oxidation sites excluding steroid dienone is 1. The molecular weight excluding hydrogens is 375 g/mol. The van der Waals surface area contributed by atoms with Gasteiger partial charge in [-0.05, 0) is 30.8 Å². The highest BCUT2D eigenvalue weighted by atomic mass is 32.2. The largest absolute Gasteiger partial charge is 0.508 e. The fourth-order valence-electron chi connectivity index (χ4n) is 2.86. The summed E-state index contributed by atoms with van der Waals surface area (Å²) in [6, 6.07) is 13.9. The first-order valence-corrected chi connectivity index (χ1v) is 9.91. The van der Waals surface area contributed by atoms with E-state index in [1.54, 1.807) is 12.1 Å². The Morgan fingerprint density at radius 2 is 2.00 bits per heavy atom. The molecule has 0 aliphatic carbocycles. The Morgan fingerprint density at radius 3 is 2.75 bits per heavy atom. The van der Waals surface area contributed by atoms with Crippen LogP contribution in [0.2, 0.25) is 0 Å². The van der Waals surface area contributed by atoms with Crippen LogP contribution in [0.5, 0.6) is 5.75 Å². The molecule has 1 N–H and O–H groups in total. The van der Waals surface area contributed by atoms with Crippen molar-refractivity contribution in [2.24, 2.45) is 0 Å². The van der Waals surface area contributed by atoms with E-state index in [-0.39, 0.29) is 11.6 Å². The molecule has 3 aromatic rings. The molecule has 0 aliphatic heterocycles.